The second-order valence-electron chi connectivity index (χ2n) is 6.73. The zero-order chi connectivity index (χ0) is 16.8. The van der Waals surface area contributed by atoms with E-state index in [0.29, 0.717) is 5.92 Å². The SMILES string of the molecule is CCCCCc1ccc(C(=O)N2CCC(c3cnc[nH]3)CC2)cc1. The number of hydrogen-bond acceptors (Lipinski definition) is 2. The fraction of sp³-hybridized carbons (Fsp3) is 0.500. The topological polar surface area (TPSA) is 49.0 Å². The van der Waals surface area contributed by atoms with Crippen LogP contribution >= 0.6 is 0 Å². The van der Waals surface area contributed by atoms with Crippen molar-refractivity contribution in [3.05, 3.63) is 53.6 Å². The second-order valence-corrected chi connectivity index (χ2v) is 6.73. The fourth-order valence-corrected chi connectivity index (χ4v) is 3.46. The summed E-state index contributed by atoms with van der Waals surface area (Å²) >= 11 is 0. The van der Waals surface area contributed by atoms with Crippen LogP contribution in [0.5, 0.6) is 0 Å². The molecule has 1 aromatic heterocycles. The van der Waals surface area contributed by atoms with E-state index in [1.807, 2.05) is 23.2 Å². The second kappa shape index (κ2) is 8.13. The van der Waals surface area contributed by atoms with Gasteiger partial charge in [-0.3, -0.25) is 4.79 Å². The normalized spacial score (nSPS) is 15.6. The summed E-state index contributed by atoms with van der Waals surface area (Å²) in [6.45, 7) is 3.86. The Bertz CT molecular complexity index is 625. The maximum Gasteiger partial charge on any atom is 0.253 e. The van der Waals surface area contributed by atoms with E-state index in [4.69, 9.17) is 0 Å². The largest absolute Gasteiger partial charge is 0.348 e. The van der Waals surface area contributed by atoms with Crippen LogP contribution in [-0.2, 0) is 6.42 Å². The minimum Gasteiger partial charge on any atom is -0.348 e. The van der Waals surface area contributed by atoms with Crippen LogP contribution in [0.15, 0.2) is 36.8 Å². The Kier molecular flexibility index (Phi) is 5.68. The van der Waals surface area contributed by atoms with E-state index in [0.717, 1.165) is 37.9 Å². The summed E-state index contributed by atoms with van der Waals surface area (Å²) in [4.78, 5) is 21.9. The molecule has 0 unspecified atom stereocenters. The van der Waals surface area contributed by atoms with Gasteiger partial charge in [0.2, 0.25) is 0 Å². The number of nitrogens with zero attached hydrogens (tertiary/aromatic N) is 2. The predicted molar refractivity (Wildman–Crippen MR) is 96.1 cm³/mol. The van der Waals surface area contributed by atoms with Crippen LogP contribution in [0.1, 0.15) is 66.6 Å². The number of aromatic amines is 1. The quantitative estimate of drug-likeness (QED) is 0.811. The molecule has 4 nitrogen and oxygen atoms in total. The molecule has 0 aliphatic carbocycles. The molecular formula is C20H27N3O. The van der Waals surface area contributed by atoms with Gasteiger partial charge >= 0.3 is 0 Å². The number of nitrogens with one attached hydrogen (secondary N) is 1. The van der Waals surface area contributed by atoms with E-state index in [1.165, 1.54) is 30.5 Å². The monoisotopic (exact) mass is 325 g/mol. The van der Waals surface area contributed by atoms with Crippen molar-refractivity contribution >= 4 is 5.91 Å². The van der Waals surface area contributed by atoms with Gasteiger partial charge in [-0.1, -0.05) is 31.9 Å². The van der Waals surface area contributed by atoms with Crippen molar-refractivity contribution < 1.29 is 4.79 Å². The van der Waals surface area contributed by atoms with Crippen LogP contribution in [-0.4, -0.2) is 33.9 Å². The number of carbonyl (C=O) groups excluding carboxylic acids is 1. The summed E-state index contributed by atoms with van der Waals surface area (Å²) in [6, 6.07) is 8.20. The number of benzene rings is 1. The Morgan fingerprint density at radius 2 is 1.96 bits per heavy atom. The van der Waals surface area contributed by atoms with Gasteiger partial charge in [0.1, 0.15) is 0 Å². The van der Waals surface area contributed by atoms with E-state index < -0.39 is 0 Å². The van der Waals surface area contributed by atoms with Gasteiger partial charge in [-0.25, -0.2) is 4.98 Å². The molecule has 2 aromatic rings. The Morgan fingerprint density at radius 3 is 2.58 bits per heavy atom. The minimum absolute atomic E-state index is 0.165. The van der Waals surface area contributed by atoms with Gasteiger partial charge in [-0.2, -0.15) is 0 Å². The third-order valence-electron chi connectivity index (χ3n) is 5.01. The predicted octanol–water partition coefficient (Wildman–Crippen LogP) is 4.16. The maximum absolute atomic E-state index is 12.7. The molecule has 4 heteroatoms. The van der Waals surface area contributed by atoms with Crippen molar-refractivity contribution in [3.63, 3.8) is 0 Å². The number of aryl methyl sites for hydroxylation is 1. The lowest BCUT2D eigenvalue weighted by Gasteiger charge is -2.31. The first-order valence-corrected chi connectivity index (χ1v) is 9.14. The maximum atomic E-state index is 12.7. The summed E-state index contributed by atoms with van der Waals surface area (Å²) in [5.74, 6) is 0.663. The third-order valence-corrected chi connectivity index (χ3v) is 5.01. The average Bonchev–Trinajstić information content (AvgIpc) is 3.17. The van der Waals surface area contributed by atoms with E-state index in [-0.39, 0.29) is 5.91 Å². The van der Waals surface area contributed by atoms with Crippen LogP contribution in [0.2, 0.25) is 0 Å². The summed E-state index contributed by atoms with van der Waals surface area (Å²) in [5, 5.41) is 0. The molecule has 0 spiro atoms. The zero-order valence-corrected chi connectivity index (χ0v) is 14.5. The van der Waals surface area contributed by atoms with E-state index in [9.17, 15) is 4.79 Å². The number of hydrogen-bond donors (Lipinski definition) is 1. The minimum atomic E-state index is 0.165. The first-order chi connectivity index (χ1) is 11.8. The summed E-state index contributed by atoms with van der Waals surface area (Å²) in [7, 11) is 0. The molecule has 24 heavy (non-hydrogen) atoms. The average molecular weight is 325 g/mol. The molecule has 1 aromatic carbocycles. The molecule has 1 N–H and O–H groups in total. The third kappa shape index (κ3) is 4.05. The molecular weight excluding hydrogens is 298 g/mol. The number of unbranched alkanes of at least 4 members (excludes halogenated alkanes) is 2. The molecule has 1 aliphatic rings. The number of aromatic nitrogens is 2. The van der Waals surface area contributed by atoms with Gasteiger partial charge in [0, 0.05) is 36.5 Å². The molecule has 0 saturated carbocycles. The van der Waals surface area contributed by atoms with Gasteiger partial charge in [-0.05, 0) is 43.4 Å². The highest BCUT2D eigenvalue weighted by Crippen LogP contribution is 2.27. The van der Waals surface area contributed by atoms with Crippen molar-refractivity contribution in [2.75, 3.05) is 13.1 Å². The number of imidazole rings is 1. The number of likely N-dealkylation sites (tertiary alicyclic amines) is 1. The van der Waals surface area contributed by atoms with E-state index >= 15 is 0 Å². The Labute approximate surface area is 144 Å². The lowest BCUT2D eigenvalue weighted by atomic mass is 9.93. The van der Waals surface area contributed by atoms with Gasteiger partial charge in [-0.15, -0.1) is 0 Å². The highest BCUT2D eigenvalue weighted by Gasteiger charge is 2.25. The Morgan fingerprint density at radius 1 is 1.21 bits per heavy atom. The first kappa shape index (κ1) is 16.7. The Balaban J connectivity index is 1.53. The molecule has 1 saturated heterocycles. The first-order valence-electron chi connectivity index (χ1n) is 9.14. The highest BCUT2D eigenvalue weighted by atomic mass is 16.2. The molecule has 3 rings (SSSR count). The summed E-state index contributed by atoms with van der Waals surface area (Å²) in [6.07, 6.45) is 10.5. The number of piperidine rings is 1. The van der Waals surface area contributed by atoms with E-state index in [1.54, 1.807) is 6.33 Å². The number of H-pyrrole nitrogens is 1. The highest BCUT2D eigenvalue weighted by molar-refractivity contribution is 5.94. The Hall–Kier alpha value is -2.10. The van der Waals surface area contributed by atoms with E-state index in [2.05, 4.69) is 29.0 Å². The van der Waals surface area contributed by atoms with Crippen molar-refractivity contribution in [1.82, 2.24) is 14.9 Å². The number of rotatable bonds is 6. The smallest absolute Gasteiger partial charge is 0.253 e. The number of carbonyl (C=O) groups is 1. The molecule has 1 aliphatic heterocycles. The van der Waals surface area contributed by atoms with Crippen molar-refractivity contribution in [3.8, 4) is 0 Å². The number of amides is 1. The van der Waals surface area contributed by atoms with Crippen LogP contribution in [0.4, 0.5) is 0 Å². The molecule has 2 heterocycles. The lowest BCUT2D eigenvalue weighted by Crippen LogP contribution is -2.38. The molecule has 0 bridgehead atoms. The van der Waals surface area contributed by atoms with Gasteiger partial charge in [0.15, 0.2) is 0 Å². The van der Waals surface area contributed by atoms with Gasteiger partial charge in [0.05, 0.1) is 6.33 Å². The fourth-order valence-electron chi connectivity index (χ4n) is 3.46. The van der Waals surface area contributed by atoms with Crippen LogP contribution < -0.4 is 0 Å². The molecule has 1 fully saturated rings. The molecule has 1 amide bonds. The van der Waals surface area contributed by atoms with Gasteiger partial charge < -0.3 is 9.88 Å². The molecule has 0 radical (unpaired) electrons. The molecule has 128 valence electrons. The van der Waals surface area contributed by atoms with Crippen molar-refractivity contribution in [2.45, 2.75) is 51.4 Å². The van der Waals surface area contributed by atoms with Crippen LogP contribution in [0.25, 0.3) is 0 Å². The zero-order valence-electron chi connectivity index (χ0n) is 14.5. The lowest BCUT2D eigenvalue weighted by molar-refractivity contribution is 0.0712. The summed E-state index contributed by atoms with van der Waals surface area (Å²) in [5.41, 5.74) is 3.34. The molecule has 0 atom stereocenters. The van der Waals surface area contributed by atoms with Crippen molar-refractivity contribution in [2.24, 2.45) is 0 Å². The van der Waals surface area contributed by atoms with Crippen LogP contribution in [0, 0.1) is 0 Å². The summed E-state index contributed by atoms with van der Waals surface area (Å²) < 4.78 is 0. The van der Waals surface area contributed by atoms with Gasteiger partial charge in [0.25, 0.3) is 5.91 Å². The standard InChI is InChI=1S/C20H27N3O/c1-2-3-4-5-16-6-8-18(9-7-16)20(24)23-12-10-17(11-13-23)19-14-21-15-22-19/h6-9,14-15,17H,2-5,10-13H2,1H3,(H,21,22). The van der Waals surface area contributed by atoms with Crippen LogP contribution in [0.3, 0.4) is 0 Å². The van der Waals surface area contributed by atoms with Crippen molar-refractivity contribution in [1.29, 1.82) is 0 Å².